The van der Waals surface area contributed by atoms with Crippen LogP contribution >= 0.6 is 0 Å². The smallest absolute Gasteiger partial charge is 0.245 e. The van der Waals surface area contributed by atoms with Crippen molar-refractivity contribution in [2.75, 3.05) is 5.73 Å². The van der Waals surface area contributed by atoms with Crippen LogP contribution in [0.2, 0.25) is 0 Å². The standard InChI is InChI=1S/C18H17FN4O/c19-12-7-5-11(6-8-12)14-9-10-15-16(21-14)17(23-18(20)22-15)24-13-3-1-2-4-13/h5-10,13H,1-4H2,(H2,20,22,23). The Morgan fingerprint density at radius 1 is 0.958 bits per heavy atom. The number of nitrogens with zero attached hydrogens (tertiary/aromatic N) is 3. The van der Waals surface area contributed by atoms with Gasteiger partial charge in [0.1, 0.15) is 11.9 Å². The molecule has 0 saturated heterocycles. The van der Waals surface area contributed by atoms with E-state index >= 15 is 0 Å². The number of rotatable bonds is 3. The second-order valence-electron chi connectivity index (χ2n) is 5.98. The average Bonchev–Trinajstić information content (AvgIpc) is 3.08. The highest BCUT2D eigenvalue weighted by atomic mass is 19.1. The van der Waals surface area contributed by atoms with Gasteiger partial charge < -0.3 is 10.5 Å². The van der Waals surface area contributed by atoms with Crippen LogP contribution in [0.1, 0.15) is 25.7 Å². The van der Waals surface area contributed by atoms with Gasteiger partial charge in [0, 0.05) is 5.56 Å². The van der Waals surface area contributed by atoms with E-state index in [1.807, 2.05) is 12.1 Å². The van der Waals surface area contributed by atoms with Crippen molar-refractivity contribution in [1.29, 1.82) is 0 Å². The number of ether oxygens (including phenoxy) is 1. The summed E-state index contributed by atoms with van der Waals surface area (Å²) in [5, 5.41) is 0. The predicted molar refractivity (Wildman–Crippen MR) is 90.0 cm³/mol. The Morgan fingerprint density at radius 3 is 2.46 bits per heavy atom. The summed E-state index contributed by atoms with van der Waals surface area (Å²) >= 11 is 0. The maximum absolute atomic E-state index is 13.1. The molecule has 2 heterocycles. The fourth-order valence-corrected chi connectivity index (χ4v) is 3.03. The molecule has 1 saturated carbocycles. The first-order valence-corrected chi connectivity index (χ1v) is 8.06. The molecule has 2 aromatic heterocycles. The Balaban J connectivity index is 1.78. The summed E-state index contributed by atoms with van der Waals surface area (Å²) in [6.45, 7) is 0. The molecule has 1 aliphatic carbocycles. The molecular weight excluding hydrogens is 307 g/mol. The fraction of sp³-hybridized carbons (Fsp3) is 0.278. The largest absolute Gasteiger partial charge is 0.473 e. The molecule has 4 rings (SSSR count). The van der Waals surface area contributed by atoms with E-state index in [1.54, 1.807) is 12.1 Å². The molecule has 24 heavy (non-hydrogen) atoms. The number of fused-ring (bicyclic) bond motifs is 1. The van der Waals surface area contributed by atoms with Crippen LogP contribution < -0.4 is 10.5 Å². The number of hydrogen-bond acceptors (Lipinski definition) is 5. The van der Waals surface area contributed by atoms with Crippen LogP contribution in [0, 0.1) is 5.82 Å². The SMILES string of the molecule is Nc1nc(OC2CCCC2)c2nc(-c3ccc(F)cc3)ccc2n1. The average molecular weight is 324 g/mol. The van der Waals surface area contributed by atoms with E-state index in [0.29, 0.717) is 22.6 Å². The number of hydrogen-bond donors (Lipinski definition) is 1. The highest BCUT2D eigenvalue weighted by Gasteiger charge is 2.20. The number of nitrogen functional groups attached to an aromatic ring is 1. The molecule has 3 aromatic rings. The van der Waals surface area contributed by atoms with E-state index < -0.39 is 0 Å². The zero-order valence-corrected chi connectivity index (χ0v) is 13.1. The zero-order chi connectivity index (χ0) is 16.5. The van der Waals surface area contributed by atoms with Gasteiger partial charge in [0.2, 0.25) is 11.8 Å². The van der Waals surface area contributed by atoms with Gasteiger partial charge in [-0.15, -0.1) is 0 Å². The van der Waals surface area contributed by atoms with Crippen molar-refractivity contribution in [3.05, 3.63) is 42.2 Å². The van der Waals surface area contributed by atoms with Crippen molar-refractivity contribution in [1.82, 2.24) is 15.0 Å². The van der Waals surface area contributed by atoms with E-state index in [-0.39, 0.29) is 17.9 Å². The monoisotopic (exact) mass is 324 g/mol. The Labute approximate surface area is 138 Å². The van der Waals surface area contributed by atoms with Crippen LogP contribution in [0.15, 0.2) is 36.4 Å². The van der Waals surface area contributed by atoms with Crippen LogP contribution in [-0.4, -0.2) is 21.1 Å². The quantitative estimate of drug-likeness (QED) is 0.794. The molecule has 2 N–H and O–H groups in total. The third-order valence-electron chi connectivity index (χ3n) is 4.25. The molecule has 0 atom stereocenters. The maximum atomic E-state index is 13.1. The molecule has 5 nitrogen and oxygen atoms in total. The van der Waals surface area contributed by atoms with Crippen LogP contribution in [-0.2, 0) is 0 Å². The summed E-state index contributed by atoms with van der Waals surface area (Å²) in [7, 11) is 0. The van der Waals surface area contributed by atoms with Crippen molar-refractivity contribution in [2.45, 2.75) is 31.8 Å². The summed E-state index contributed by atoms with van der Waals surface area (Å²) < 4.78 is 19.1. The Morgan fingerprint density at radius 2 is 1.71 bits per heavy atom. The molecule has 0 amide bonds. The first-order chi connectivity index (χ1) is 11.7. The van der Waals surface area contributed by atoms with E-state index in [1.165, 1.54) is 12.1 Å². The first-order valence-electron chi connectivity index (χ1n) is 8.06. The van der Waals surface area contributed by atoms with Crippen molar-refractivity contribution >= 4 is 17.0 Å². The second kappa shape index (κ2) is 6.03. The predicted octanol–water partition coefficient (Wildman–Crippen LogP) is 3.73. The third kappa shape index (κ3) is 2.87. The van der Waals surface area contributed by atoms with Crippen LogP contribution in [0.4, 0.5) is 10.3 Å². The number of pyridine rings is 1. The summed E-state index contributed by atoms with van der Waals surface area (Å²) in [6.07, 6.45) is 4.51. The van der Waals surface area contributed by atoms with Crippen LogP contribution in [0.5, 0.6) is 5.88 Å². The summed E-state index contributed by atoms with van der Waals surface area (Å²) in [5.74, 6) is 0.320. The van der Waals surface area contributed by atoms with Crippen molar-refractivity contribution in [3.63, 3.8) is 0 Å². The molecular formula is C18H17FN4O. The van der Waals surface area contributed by atoms with Gasteiger partial charge in [0.05, 0.1) is 11.2 Å². The molecule has 1 aliphatic rings. The minimum absolute atomic E-state index is 0.152. The fourth-order valence-electron chi connectivity index (χ4n) is 3.03. The number of nitrogens with two attached hydrogens (primary N) is 1. The number of aromatic nitrogens is 3. The second-order valence-corrected chi connectivity index (χ2v) is 5.98. The Bertz CT molecular complexity index is 876. The van der Waals surface area contributed by atoms with Gasteiger partial charge in [-0.1, -0.05) is 0 Å². The van der Waals surface area contributed by atoms with Crippen LogP contribution in [0.25, 0.3) is 22.3 Å². The molecule has 6 heteroatoms. The van der Waals surface area contributed by atoms with Gasteiger partial charge in [-0.05, 0) is 62.1 Å². The van der Waals surface area contributed by atoms with E-state index in [9.17, 15) is 4.39 Å². The highest BCUT2D eigenvalue weighted by Crippen LogP contribution is 2.29. The van der Waals surface area contributed by atoms with Crippen LogP contribution in [0.3, 0.4) is 0 Å². The summed E-state index contributed by atoms with van der Waals surface area (Å²) in [5.41, 5.74) is 8.55. The lowest BCUT2D eigenvalue weighted by Crippen LogP contribution is -2.13. The minimum Gasteiger partial charge on any atom is -0.473 e. The zero-order valence-electron chi connectivity index (χ0n) is 13.1. The minimum atomic E-state index is -0.277. The van der Waals surface area contributed by atoms with Gasteiger partial charge in [-0.25, -0.2) is 14.4 Å². The normalized spacial score (nSPS) is 15.0. The molecule has 0 unspecified atom stereocenters. The molecule has 0 bridgehead atoms. The van der Waals surface area contributed by atoms with E-state index in [4.69, 9.17) is 10.5 Å². The van der Waals surface area contributed by atoms with Gasteiger partial charge >= 0.3 is 0 Å². The van der Waals surface area contributed by atoms with Gasteiger partial charge in [0.25, 0.3) is 0 Å². The molecule has 1 aromatic carbocycles. The maximum Gasteiger partial charge on any atom is 0.245 e. The lowest BCUT2D eigenvalue weighted by Gasteiger charge is -2.14. The topological polar surface area (TPSA) is 73.9 Å². The Hall–Kier alpha value is -2.76. The molecule has 0 aliphatic heterocycles. The molecule has 122 valence electrons. The third-order valence-corrected chi connectivity index (χ3v) is 4.25. The van der Waals surface area contributed by atoms with Gasteiger partial charge in [-0.3, -0.25) is 0 Å². The number of benzene rings is 1. The van der Waals surface area contributed by atoms with Crippen molar-refractivity contribution in [2.24, 2.45) is 0 Å². The molecule has 1 fully saturated rings. The van der Waals surface area contributed by atoms with Crippen molar-refractivity contribution in [3.8, 4) is 17.1 Å². The number of halogens is 1. The van der Waals surface area contributed by atoms with E-state index in [2.05, 4.69) is 15.0 Å². The van der Waals surface area contributed by atoms with Gasteiger partial charge in [-0.2, -0.15) is 4.98 Å². The molecule has 0 spiro atoms. The Kier molecular flexibility index (Phi) is 3.72. The summed E-state index contributed by atoms with van der Waals surface area (Å²) in [4.78, 5) is 13.1. The van der Waals surface area contributed by atoms with E-state index in [0.717, 1.165) is 31.2 Å². The van der Waals surface area contributed by atoms with Crippen molar-refractivity contribution < 1.29 is 9.13 Å². The lowest BCUT2D eigenvalue weighted by molar-refractivity contribution is 0.204. The molecule has 0 radical (unpaired) electrons. The van der Waals surface area contributed by atoms with Gasteiger partial charge in [0.15, 0.2) is 5.52 Å². The lowest BCUT2D eigenvalue weighted by atomic mass is 10.1. The number of anilines is 1. The highest BCUT2D eigenvalue weighted by molar-refractivity contribution is 5.83. The summed E-state index contributed by atoms with van der Waals surface area (Å²) in [6, 6.07) is 9.88. The first kappa shape index (κ1) is 14.8.